The summed E-state index contributed by atoms with van der Waals surface area (Å²) in [5.41, 5.74) is 0.588. The van der Waals surface area contributed by atoms with Crippen LogP contribution < -0.4 is 20.1 Å². The quantitative estimate of drug-likeness (QED) is 0.740. The Hall–Kier alpha value is -2.28. The van der Waals surface area contributed by atoms with E-state index in [9.17, 15) is 9.59 Å². The Morgan fingerprint density at radius 1 is 1.16 bits per heavy atom. The van der Waals surface area contributed by atoms with Crippen LogP contribution in [0.1, 0.15) is 25.8 Å². The summed E-state index contributed by atoms with van der Waals surface area (Å²) < 4.78 is 11.2. The largest absolute Gasteiger partial charge is 0.486 e. The third-order valence-electron chi connectivity index (χ3n) is 4.82. The third-order valence-corrected chi connectivity index (χ3v) is 4.82. The number of benzene rings is 1. The predicted molar refractivity (Wildman–Crippen MR) is 92.6 cm³/mol. The number of nitrogens with zero attached hydrogens (tertiary/aromatic N) is 1. The van der Waals surface area contributed by atoms with Crippen LogP contribution in [-0.4, -0.2) is 55.1 Å². The molecule has 136 valence electrons. The summed E-state index contributed by atoms with van der Waals surface area (Å²) in [7, 11) is 0. The van der Waals surface area contributed by atoms with Gasteiger partial charge in [0, 0.05) is 33.1 Å². The number of fused-ring (bicyclic) bond motifs is 1. The number of ether oxygens (including phenoxy) is 2. The first-order valence-corrected chi connectivity index (χ1v) is 8.65. The van der Waals surface area contributed by atoms with E-state index in [2.05, 4.69) is 15.5 Å². The van der Waals surface area contributed by atoms with E-state index in [1.54, 1.807) is 0 Å². The van der Waals surface area contributed by atoms with E-state index in [4.69, 9.17) is 9.47 Å². The number of nitrogens with one attached hydrogen (secondary N) is 2. The molecule has 0 aliphatic carbocycles. The van der Waals surface area contributed by atoms with Crippen LogP contribution in [0.3, 0.4) is 0 Å². The molecular formula is C18H25N3O4. The van der Waals surface area contributed by atoms with E-state index in [0.29, 0.717) is 32.8 Å². The van der Waals surface area contributed by atoms with Crippen molar-refractivity contribution in [1.82, 2.24) is 15.5 Å². The summed E-state index contributed by atoms with van der Waals surface area (Å²) in [5.74, 6) is 1.45. The van der Waals surface area contributed by atoms with Crippen molar-refractivity contribution in [3.05, 3.63) is 23.8 Å². The van der Waals surface area contributed by atoms with Gasteiger partial charge in [0.2, 0.25) is 11.8 Å². The Labute approximate surface area is 147 Å². The summed E-state index contributed by atoms with van der Waals surface area (Å²) in [4.78, 5) is 25.5. The summed E-state index contributed by atoms with van der Waals surface area (Å²) >= 11 is 0. The highest BCUT2D eigenvalue weighted by molar-refractivity contribution is 5.87. The molecule has 3 rings (SSSR count). The van der Waals surface area contributed by atoms with Gasteiger partial charge in [-0.1, -0.05) is 6.07 Å². The molecule has 2 heterocycles. The average Bonchev–Trinajstić information content (AvgIpc) is 2.61. The number of amides is 2. The Morgan fingerprint density at radius 3 is 2.56 bits per heavy atom. The fraction of sp³-hybridized carbons (Fsp3) is 0.556. The normalized spacial score (nSPS) is 22.0. The third kappa shape index (κ3) is 3.87. The summed E-state index contributed by atoms with van der Waals surface area (Å²) in [5, 5.41) is 5.58. The van der Waals surface area contributed by atoms with Crippen LogP contribution in [0, 0.1) is 0 Å². The molecular weight excluding hydrogens is 322 g/mol. The molecule has 7 heteroatoms. The van der Waals surface area contributed by atoms with Crippen LogP contribution in [0.2, 0.25) is 0 Å². The van der Waals surface area contributed by atoms with Gasteiger partial charge in [-0.3, -0.25) is 14.5 Å². The van der Waals surface area contributed by atoms with E-state index in [1.165, 1.54) is 6.92 Å². The zero-order valence-electron chi connectivity index (χ0n) is 14.8. The molecule has 1 fully saturated rings. The molecule has 0 spiro atoms. The molecule has 1 aromatic rings. The molecule has 1 aromatic carbocycles. The Bertz CT molecular complexity index is 664. The lowest BCUT2D eigenvalue weighted by Gasteiger charge is -2.49. The van der Waals surface area contributed by atoms with Crippen molar-refractivity contribution in [1.29, 1.82) is 0 Å². The van der Waals surface area contributed by atoms with Gasteiger partial charge in [0.15, 0.2) is 11.5 Å². The van der Waals surface area contributed by atoms with Crippen molar-refractivity contribution >= 4 is 11.8 Å². The van der Waals surface area contributed by atoms with Gasteiger partial charge in [0.05, 0.1) is 5.54 Å². The minimum atomic E-state index is -0.510. The first kappa shape index (κ1) is 17.5. The minimum Gasteiger partial charge on any atom is -0.486 e. The maximum absolute atomic E-state index is 12.5. The van der Waals surface area contributed by atoms with E-state index in [1.807, 2.05) is 25.1 Å². The van der Waals surface area contributed by atoms with Crippen molar-refractivity contribution in [2.75, 3.05) is 32.8 Å². The Morgan fingerprint density at radius 2 is 1.88 bits per heavy atom. The predicted octanol–water partition coefficient (Wildman–Crippen LogP) is 0.675. The molecule has 0 bridgehead atoms. The standard InChI is InChI=1S/C18H25N3O4/c1-13(22)19-6-7-20-17(23)18(2)5-8-21(18)12-14-3-4-15-16(11-14)25-10-9-24-15/h3-4,11H,5-10,12H2,1-2H3,(H,19,22)(H,20,23). The number of carbonyl (C=O) groups excluding carboxylic acids is 2. The molecule has 0 aromatic heterocycles. The highest BCUT2D eigenvalue weighted by Crippen LogP contribution is 2.35. The first-order chi connectivity index (χ1) is 12.0. The molecule has 0 saturated carbocycles. The van der Waals surface area contributed by atoms with Crippen molar-refractivity contribution in [3.63, 3.8) is 0 Å². The molecule has 2 N–H and O–H groups in total. The number of hydrogen-bond donors (Lipinski definition) is 2. The average molecular weight is 347 g/mol. The molecule has 2 amide bonds. The lowest BCUT2D eigenvalue weighted by molar-refractivity contribution is -0.142. The number of likely N-dealkylation sites (tertiary alicyclic amines) is 1. The lowest BCUT2D eigenvalue weighted by Crippen LogP contribution is -2.65. The van der Waals surface area contributed by atoms with Crippen molar-refractivity contribution in [2.45, 2.75) is 32.4 Å². The molecule has 25 heavy (non-hydrogen) atoms. The van der Waals surface area contributed by atoms with E-state index >= 15 is 0 Å². The van der Waals surface area contributed by atoms with E-state index in [0.717, 1.165) is 30.0 Å². The van der Waals surface area contributed by atoms with Gasteiger partial charge in [-0.25, -0.2) is 0 Å². The van der Waals surface area contributed by atoms with Crippen LogP contribution in [-0.2, 0) is 16.1 Å². The molecule has 7 nitrogen and oxygen atoms in total. The van der Waals surface area contributed by atoms with Crippen molar-refractivity contribution in [3.8, 4) is 11.5 Å². The summed E-state index contributed by atoms with van der Waals surface area (Å²) in [6.45, 7) is 7.01. The van der Waals surface area contributed by atoms with Crippen LogP contribution in [0.4, 0.5) is 0 Å². The molecule has 2 aliphatic rings. The van der Waals surface area contributed by atoms with Gasteiger partial charge in [0.25, 0.3) is 0 Å². The first-order valence-electron chi connectivity index (χ1n) is 8.65. The Balaban J connectivity index is 1.56. The second-order valence-electron chi connectivity index (χ2n) is 6.66. The van der Waals surface area contributed by atoms with Crippen LogP contribution in [0.5, 0.6) is 11.5 Å². The zero-order chi connectivity index (χ0) is 17.9. The molecule has 1 unspecified atom stereocenters. The number of carbonyl (C=O) groups is 2. The summed E-state index contributed by atoms with van der Waals surface area (Å²) in [6, 6.07) is 5.93. The highest BCUT2D eigenvalue weighted by atomic mass is 16.6. The Kier molecular flexibility index (Phi) is 5.13. The van der Waals surface area contributed by atoms with Gasteiger partial charge in [-0.05, 0) is 31.0 Å². The van der Waals surface area contributed by atoms with E-state index < -0.39 is 5.54 Å². The van der Waals surface area contributed by atoms with Crippen LogP contribution >= 0.6 is 0 Å². The summed E-state index contributed by atoms with van der Waals surface area (Å²) in [6.07, 6.45) is 0.823. The maximum atomic E-state index is 12.5. The smallest absolute Gasteiger partial charge is 0.240 e. The van der Waals surface area contributed by atoms with Gasteiger partial charge >= 0.3 is 0 Å². The molecule has 1 saturated heterocycles. The maximum Gasteiger partial charge on any atom is 0.240 e. The monoisotopic (exact) mass is 347 g/mol. The van der Waals surface area contributed by atoms with Gasteiger partial charge in [-0.15, -0.1) is 0 Å². The highest BCUT2D eigenvalue weighted by Gasteiger charge is 2.46. The fourth-order valence-corrected chi connectivity index (χ4v) is 3.13. The van der Waals surface area contributed by atoms with Gasteiger partial charge in [0.1, 0.15) is 13.2 Å². The van der Waals surface area contributed by atoms with Gasteiger partial charge in [-0.2, -0.15) is 0 Å². The SMILES string of the molecule is CC(=O)NCCNC(=O)C1(C)CCN1Cc1ccc2c(c1)OCCO2. The second-order valence-corrected chi connectivity index (χ2v) is 6.66. The second kappa shape index (κ2) is 7.31. The van der Waals surface area contributed by atoms with Gasteiger partial charge < -0.3 is 20.1 Å². The van der Waals surface area contributed by atoms with Crippen LogP contribution in [0.15, 0.2) is 18.2 Å². The lowest BCUT2D eigenvalue weighted by atomic mass is 9.85. The fourth-order valence-electron chi connectivity index (χ4n) is 3.13. The molecule has 1 atom stereocenters. The minimum absolute atomic E-state index is 0.00152. The topological polar surface area (TPSA) is 79.9 Å². The van der Waals surface area contributed by atoms with Crippen LogP contribution in [0.25, 0.3) is 0 Å². The molecule has 0 radical (unpaired) electrons. The van der Waals surface area contributed by atoms with Crippen molar-refractivity contribution in [2.24, 2.45) is 0 Å². The number of hydrogen-bond acceptors (Lipinski definition) is 5. The molecule has 2 aliphatic heterocycles. The van der Waals surface area contributed by atoms with Crippen molar-refractivity contribution < 1.29 is 19.1 Å². The number of rotatable bonds is 6. The van der Waals surface area contributed by atoms with E-state index in [-0.39, 0.29) is 11.8 Å². The zero-order valence-corrected chi connectivity index (χ0v) is 14.8.